The lowest BCUT2D eigenvalue weighted by atomic mass is 9.72. The van der Waals surface area contributed by atoms with Gasteiger partial charge in [0.05, 0.1) is 24.2 Å². The highest BCUT2D eigenvalue weighted by Crippen LogP contribution is 2.65. The first-order valence-electron chi connectivity index (χ1n) is 3.89. The van der Waals surface area contributed by atoms with Crippen LogP contribution in [0.5, 0.6) is 0 Å². The maximum absolute atomic E-state index is 8.72. The Morgan fingerprint density at radius 3 is 2.80 bits per heavy atom. The molecule has 0 aromatic rings. The van der Waals surface area contributed by atoms with Crippen molar-refractivity contribution in [3.63, 3.8) is 0 Å². The van der Waals surface area contributed by atoms with E-state index in [9.17, 15) is 0 Å². The minimum absolute atomic E-state index is 0.227. The third-order valence-corrected chi connectivity index (χ3v) is 3.45. The third-order valence-electron chi connectivity index (χ3n) is 3.45. The van der Waals surface area contributed by atoms with Crippen LogP contribution in [-0.2, 0) is 4.74 Å². The average molecular weight is 135 g/mol. The van der Waals surface area contributed by atoms with Crippen molar-refractivity contribution in [3.8, 4) is 6.07 Å². The Balaban J connectivity index is 1.95. The van der Waals surface area contributed by atoms with Gasteiger partial charge < -0.3 is 4.74 Å². The summed E-state index contributed by atoms with van der Waals surface area (Å²) in [5.74, 6) is 1.66. The number of ether oxygens (including phenoxy) is 1. The fraction of sp³-hybridized carbons (Fsp3) is 0.875. The second-order valence-electron chi connectivity index (χ2n) is 3.81. The van der Waals surface area contributed by atoms with Gasteiger partial charge in [-0.2, -0.15) is 5.26 Å². The topological polar surface area (TPSA) is 36.3 Å². The van der Waals surface area contributed by atoms with Crippen LogP contribution in [0, 0.1) is 29.1 Å². The average Bonchev–Trinajstić information content (AvgIpc) is 2.36. The Morgan fingerprint density at radius 1 is 1.60 bits per heavy atom. The highest BCUT2D eigenvalue weighted by atomic mass is 16.6. The van der Waals surface area contributed by atoms with Gasteiger partial charge >= 0.3 is 0 Å². The molecule has 1 aliphatic heterocycles. The number of hydrogen-bond acceptors (Lipinski definition) is 2. The fourth-order valence-electron chi connectivity index (χ4n) is 2.72. The Hall–Kier alpha value is -0.550. The summed E-state index contributed by atoms with van der Waals surface area (Å²) in [7, 11) is 0. The molecule has 4 fully saturated rings. The van der Waals surface area contributed by atoms with Gasteiger partial charge in [0.15, 0.2) is 0 Å². The fourth-order valence-corrected chi connectivity index (χ4v) is 2.72. The second kappa shape index (κ2) is 1.24. The van der Waals surface area contributed by atoms with Gasteiger partial charge in [-0.25, -0.2) is 0 Å². The van der Waals surface area contributed by atoms with Gasteiger partial charge in [0.25, 0.3) is 0 Å². The van der Waals surface area contributed by atoms with Gasteiger partial charge in [-0.1, -0.05) is 0 Å². The van der Waals surface area contributed by atoms with Crippen LogP contribution in [0.2, 0.25) is 0 Å². The maximum atomic E-state index is 8.72. The predicted molar refractivity (Wildman–Crippen MR) is 34.0 cm³/mol. The van der Waals surface area contributed by atoms with Crippen LogP contribution in [0.1, 0.15) is 12.8 Å². The van der Waals surface area contributed by atoms with E-state index >= 15 is 0 Å². The molecule has 3 aliphatic carbocycles. The van der Waals surface area contributed by atoms with Crippen LogP contribution in [-0.4, -0.2) is 12.2 Å². The quantitative estimate of drug-likeness (QED) is 0.463. The molecule has 4 rings (SSSR count). The normalized spacial score (nSPS) is 61.7. The first kappa shape index (κ1) is 5.15. The molecule has 0 radical (unpaired) electrons. The molecule has 0 aromatic heterocycles. The summed E-state index contributed by atoms with van der Waals surface area (Å²) in [5.41, 5.74) is 0.227. The lowest BCUT2D eigenvalue weighted by molar-refractivity contribution is 0.168. The van der Waals surface area contributed by atoms with E-state index in [4.69, 9.17) is 10.00 Å². The standard InChI is InChI=1S/C8H9NO/c9-3-6-5-1-7(6)8(2-5)4-10-8/h5-7H,1-2,4H2/t5-,6-,7-,8+/m0/s1. The van der Waals surface area contributed by atoms with Crippen LogP contribution >= 0.6 is 0 Å². The molecule has 4 aliphatic rings. The third kappa shape index (κ3) is 0.357. The zero-order valence-corrected chi connectivity index (χ0v) is 5.71. The largest absolute Gasteiger partial charge is 0.369 e. The Labute approximate surface area is 59.8 Å². The molecular weight excluding hydrogens is 126 g/mol. The van der Waals surface area contributed by atoms with Crippen LogP contribution in [0.3, 0.4) is 0 Å². The van der Waals surface area contributed by atoms with Gasteiger partial charge in [-0.15, -0.1) is 0 Å². The highest BCUT2D eigenvalue weighted by Gasteiger charge is 2.68. The first-order chi connectivity index (χ1) is 4.86. The Bertz CT molecular complexity index is 226. The highest BCUT2D eigenvalue weighted by molar-refractivity contribution is 5.21. The van der Waals surface area contributed by atoms with Crippen LogP contribution in [0.15, 0.2) is 0 Å². The summed E-state index contributed by atoms with van der Waals surface area (Å²) in [6.45, 7) is 0.937. The van der Waals surface area contributed by atoms with Gasteiger partial charge in [0, 0.05) is 5.92 Å². The Kier molecular flexibility index (Phi) is 0.638. The van der Waals surface area contributed by atoms with E-state index < -0.39 is 0 Å². The monoisotopic (exact) mass is 135 g/mol. The lowest BCUT2D eigenvalue weighted by Gasteiger charge is -2.29. The molecule has 3 saturated carbocycles. The smallest absolute Gasteiger partial charge is 0.0960 e. The molecule has 52 valence electrons. The van der Waals surface area contributed by atoms with Crippen LogP contribution in [0.25, 0.3) is 0 Å². The number of nitriles is 1. The molecule has 0 aromatic carbocycles. The van der Waals surface area contributed by atoms with Gasteiger partial charge in [-0.3, -0.25) is 0 Å². The lowest BCUT2D eigenvalue weighted by Crippen LogP contribution is -2.30. The van der Waals surface area contributed by atoms with E-state index in [2.05, 4.69) is 6.07 Å². The van der Waals surface area contributed by atoms with Crippen molar-refractivity contribution in [2.75, 3.05) is 6.61 Å². The summed E-state index contributed by atoms with van der Waals surface area (Å²) in [4.78, 5) is 0. The van der Waals surface area contributed by atoms with E-state index in [1.54, 1.807) is 0 Å². The zero-order chi connectivity index (χ0) is 6.77. The number of rotatable bonds is 0. The van der Waals surface area contributed by atoms with Gasteiger partial charge in [0.1, 0.15) is 0 Å². The summed E-state index contributed by atoms with van der Waals surface area (Å²) >= 11 is 0. The molecule has 2 nitrogen and oxygen atoms in total. The van der Waals surface area contributed by atoms with Crippen molar-refractivity contribution in [2.24, 2.45) is 17.8 Å². The number of hydrogen-bond donors (Lipinski definition) is 0. The van der Waals surface area contributed by atoms with Crippen LogP contribution in [0.4, 0.5) is 0 Å². The summed E-state index contributed by atoms with van der Waals surface area (Å²) in [6.07, 6.45) is 2.44. The number of epoxide rings is 1. The number of nitrogens with zero attached hydrogens (tertiary/aromatic N) is 1. The minimum atomic E-state index is 0.227. The maximum Gasteiger partial charge on any atom is 0.0960 e. The second-order valence-corrected chi connectivity index (χ2v) is 3.81. The molecule has 1 spiro atoms. The molecular formula is C8H9NO. The van der Waals surface area contributed by atoms with Crippen molar-refractivity contribution >= 4 is 0 Å². The summed E-state index contributed by atoms with van der Waals surface area (Å²) in [5, 5.41) is 8.72. The van der Waals surface area contributed by atoms with E-state index in [1.165, 1.54) is 12.8 Å². The first-order valence-corrected chi connectivity index (χ1v) is 3.89. The van der Waals surface area contributed by atoms with E-state index in [0.29, 0.717) is 17.8 Å². The Morgan fingerprint density at radius 2 is 2.40 bits per heavy atom. The van der Waals surface area contributed by atoms with Crippen molar-refractivity contribution in [1.82, 2.24) is 0 Å². The van der Waals surface area contributed by atoms with Gasteiger partial charge in [-0.05, 0) is 18.8 Å². The molecule has 0 unspecified atom stereocenters. The van der Waals surface area contributed by atoms with Crippen molar-refractivity contribution in [1.29, 1.82) is 5.26 Å². The van der Waals surface area contributed by atoms with E-state index in [0.717, 1.165) is 6.61 Å². The minimum Gasteiger partial charge on any atom is -0.369 e. The zero-order valence-electron chi connectivity index (χ0n) is 5.71. The van der Waals surface area contributed by atoms with Crippen molar-refractivity contribution in [2.45, 2.75) is 18.4 Å². The summed E-state index contributed by atoms with van der Waals surface area (Å²) < 4.78 is 5.39. The summed E-state index contributed by atoms with van der Waals surface area (Å²) in [6, 6.07) is 2.38. The van der Waals surface area contributed by atoms with Crippen molar-refractivity contribution < 1.29 is 4.74 Å². The molecule has 1 saturated heterocycles. The molecule has 0 amide bonds. The van der Waals surface area contributed by atoms with E-state index in [-0.39, 0.29) is 5.60 Å². The van der Waals surface area contributed by atoms with Crippen molar-refractivity contribution in [3.05, 3.63) is 0 Å². The SMILES string of the molecule is N#C[C@H]1[C@H]2C[C@@H]1[C@]1(CO1)C2. The van der Waals surface area contributed by atoms with E-state index in [1.807, 2.05) is 0 Å². The molecule has 0 N–H and O–H groups in total. The molecule has 2 bridgehead atoms. The molecule has 2 heteroatoms. The predicted octanol–water partition coefficient (Wildman–Crippen LogP) is 0.935. The molecule has 10 heavy (non-hydrogen) atoms. The van der Waals surface area contributed by atoms with Crippen LogP contribution < -0.4 is 0 Å². The molecule has 4 atom stereocenters. The molecule has 1 heterocycles. The van der Waals surface area contributed by atoms with Gasteiger partial charge in [0.2, 0.25) is 0 Å².